The molecule has 0 unspecified atom stereocenters. The molecule has 40 heavy (non-hydrogen) atoms. The Morgan fingerprint density at radius 3 is 1.85 bits per heavy atom. The minimum Gasteiger partial charge on any atom is -0.365 e. The van der Waals surface area contributed by atoms with Crippen molar-refractivity contribution in [3.63, 3.8) is 0 Å². The van der Waals surface area contributed by atoms with E-state index in [1.165, 1.54) is 29.8 Å². The molecule has 0 bridgehead atoms. The summed E-state index contributed by atoms with van der Waals surface area (Å²) in [5.41, 5.74) is 4.24. The van der Waals surface area contributed by atoms with Crippen molar-refractivity contribution in [2.45, 2.75) is 69.9 Å². The number of piperidine rings is 1. The fourth-order valence-corrected chi connectivity index (χ4v) is 5.76. The second kappa shape index (κ2) is 12.5. The Morgan fingerprint density at radius 2 is 1.35 bits per heavy atom. The van der Waals surface area contributed by atoms with E-state index in [4.69, 9.17) is 14.2 Å². The molecule has 3 aromatic rings. The van der Waals surface area contributed by atoms with Crippen LogP contribution in [0.3, 0.4) is 0 Å². The Labute approximate surface area is 237 Å². The second-order valence-electron chi connectivity index (χ2n) is 12.0. The quantitative estimate of drug-likeness (QED) is 0.276. The van der Waals surface area contributed by atoms with Crippen molar-refractivity contribution in [3.05, 3.63) is 107 Å². The highest BCUT2D eigenvalue weighted by Crippen LogP contribution is 2.37. The van der Waals surface area contributed by atoms with E-state index >= 15 is 0 Å². The molecule has 0 radical (unpaired) electrons. The van der Waals surface area contributed by atoms with Gasteiger partial charge < -0.3 is 19.1 Å². The zero-order valence-corrected chi connectivity index (χ0v) is 23.9. The molecule has 0 atom stereocenters. The normalized spacial score (nSPS) is 18.4. The Morgan fingerprint density at radius 1 is 0.825 bits per heavy atom. The topological polar surface area (TPSA) is 30.9 Å². The maximum Gasteiger partial charge on any atom is 0.195 e. The van der Waals surface area contributed by atoms with E-state index in [0.717, 1.165) is 62.0 Å². The Bertz CT molecular complexity index is 1160. The summed E-state index contributed by atoms with van der Waals surface area (Å²) in [6.45, 7) is 10.8. The molecule has 3 aromatic carbocycles. The van der Waals surface area contributed by atoms with Gasteiger partial charge in [-0.15, -0.1) is 0 Å². The zero-order valence-electron chi connectivity index (χ0n) is 23.9. The van der Waals surface area contributed by atoms with Gasteiger partial charge in [0.25, 0.3) is 0 Å². The maximum atomic E-state index is 13.6. The van der Waals surface area contributed by atoms with Crippen LogP contribution in [-0.4, -0.2) is 43.9 Å². The van der Waals surface area contributed by atoms with Gasteiger partial charge in [-0.25, -0.2) is 8.78 Å². The number of benzene rings is 3. The first-order valence-electron chi connectivity index (χ1n) is 14.5. The summed E-state index contributed by atoms with van der Waals surface area (Å²) in [7, 11) is 0. The third kappa shape index (κ3) is 6.98. The first-order valence-corrected chi connectivity index (χ1v) is 14.5. The lowest BCUT2D eigenvalue weighted by Gasteiger charge is -2.35. The smallest absolute Gasteiger partial charge is 0.195 e. The van der Waals surface area contributed by atoms with Gasteiger partial charge in [0.15, 0.2) is 5.79 Å². The summed E-state index contributed by atoms with van der Waals surface area (Å²) in [4.78, 5) is 2.48. The summed E-state index contributed by atoms with van der Waals surface area (Å²) in [6, 6.07) is 21.5. The van der Waals surface area contributed by atoms with Gasteiger partial charge in [-0.3, -0.25) is 0 Å². The highest BCUT2D eigenvalue weighted by Gasteiger charge is 2.38. The highest BCUT2D eigenvalue weighted by molar-refractivity contribution is 5.31. The number of likely N-dealkylation sites (tertiary alicyclic amines) is 1. The molecule has 6 heteroatoms. The molecule has 5 rings (SSSR count). The van der Waals surface area contributed by atoms with Crippen LogP contribution in [0.2, 0.25) is 0 Å². The lowest BCUT2D eigenvalue weighted by Crippen LogP contribution is -2.39. The van der Waals surface area contributed by atoms with Crippen molar-refractivity contribution in [1.29, 1.82) is 0 Å². The van der Waals surface area contributed by atoms with E-state index in [0.29, 0.717) is 13.2 Å². The average Bonchev–Trinajstić information content (AvgIpc) is 3.43. The van der Waals surface area contributed by atoms with Gasteiger partial charge >= 0.3 is 0 Å². The van der Waals surface area contributed by atoms with E-state index in [1.807, 2.05) is 0 Å². The van der Waals surface area contributed by atoms with Crippen LogP contribution in [0.15, 0.2) is 72.8 Å². The standard InChI is InChI=1S/C34H41F2NO3/c1-33(2,3)27-9-11-28(12-10-27)34(38-23-24-39-34)19-4-20-37-21-17-31(18-22-37)40-32(25-5-13-29(35)14-6-25)26-7-15-30(36)16-8-26/h5-16,31-32H,4,17-24H2,1-3H3. The van der Waals surface area contributed by atoms with Gasteiger partial charge in [-0.1, -0.05) is 69.3 Å². The zero-order chi connectivity index (χ0) is 28.2. The molecule has 2 aliphatic rings. The van der Waals surface area contributed by atoms with Crippen molar-refractivity contribution in [1.82, 2.24) is 4.90 Å². The second-order valence-corrected chi connectivity index (χ2v) is 12.0. The van der Waals surface area contributed by atoms with Crippen molar-refractivity contribution in [2.75, 3.05) is 32.8 Å². The Hall–Kier alpha value is -2.64. The maximum absolute atomic E-state index is 13.6. The van der Waals surface area contributed by atoms with Gasteiger partial charge in [0, 0.05) is 25.1 Å². The highest BCUT2D eigenvalue weighted by atomic mass is 19.1. The largest absolute Gasteiger partial charge is 0.365 e. The summed E-state index contributed by atoms with van der Waals surface area (Å²) in [6.07, 6.45) is 3.32. The summed E-state index contributed by atoms with van der Waals surface area (Å²) >= 11 is 0. The fourth-order valence-electron chi connectivity index (χ4n) is 5.76. The number of rotatable bonds is 9. The molecular formula is C34H41F2NO3. The van der Waals surface area contributed by atoms with Gasteiger partial charge in [-0.05, 0) is 72.2 Å². The van der Waals surface area contributed by atoms with Gasteiger partial charge in [0.2, 0.25) is 0 Å². The SMILES string of the molecule is CC(C)(C)c1ccc(C2(CCCN3CCC(OC(c4ccc(F)cc4)c4ccc(F)cc4)CC3)OCCO2)cc1. The van der Waals surface area contributed by atoms with Gasteiger partial charge in [0.05, 0.1) is 19.3 Å². The molecule has 0 saturated carbocycles. The van der Waals surface area contributed by atoms with Crippen molar-refractivity contribution >= 4 is 0 Å². The predicted molar refractivity (Wildman–Crippen MR) is 153 cm³/mol. The van der Waals surface area contributed by atoms with E-state index in [-0.39, 0.29) is 29.3 Å². The van der Waals surface area contributed by atoms with Crippen molar-refractivity contribution in [2.24, 2.45) is 0 Å². The van der Waals surface area contributed by atoms with Gasteiger partial charge in [-0.2, -0.15) is 0 Å². The Balaban J connectivity index is 1.15. The summed E-state index contributed by atoms with van der Waals surface area (Å²) in [5, 5.41) is 0. The van der Waals surface area contributed by atoms with Crippen LogP contribution in [0.4, 0.5) is 8.78 Å². The third-order valence-corrected chi connectivity index (χ3v) is 8.13. The van der Waals surface area contributed by atoms with E-state index in [9.17, 15) is 8.78 Å². The molecule has 2 fully saturated rings. The first kappa shape index (κ1) is 28.9. The van der Waals surface area contributed by atoms with Crippen molar-refractivity contribution < 1.29 is 23.0 Å². The lowest BCUT2D eigenvalue weighted by molar-refractivity contribution is -0.172. The number of ether oxygens (including phenoxy) is 3. The van der Waals surface area contributed by atoms with Crippen LogP contribution in [0, 0.1) is 11.6 Å². The summed E-state index contributed by atoms with van der Waals surface area (Å²) < 4.78 is 46.1. The third-order valence-electron chi connectivity index (χ3n) is 8.13. The lowest BCUT2D eigenvalue weighted by atomic mass is 9.86. The number of hydrogen-bond donors (Lipinski definition) is 0. The Kier molecular flexibility index (Phi) is 9.01. The molecule has 0 spiro atoms. The summed E-state index contributed by atoms with van der Waals surface area (Å²) in [5.74, 6) is -1.23. The van der Waals surface area contributed by atoms with Crippen LogP contribution in [0.5, 0.6) is 0 Å². The van der Waals surface area contributed by atoms with Crippen LogP contribution in [0.25, 0.3) is 0 Å². The minimum absolute atomic E-state index is 0.0746. The molecule has 214 valence electrons. The molecule has 0 aliphatic carbocycles. The number of halogens is 2. The van der Waals surface area contributed by atoms with Crippen LogP contribution in [-0.2, 0) is 25.4 Å². The van der Waals surface area contributed by atoms with Crippen LogP contribution >= 0.6 is 0 Å². The monoisotopic (exact) mass is 549 g/mol. The molecule has 0 N–H and O–H groups in total. The van der Waals surface area contributed by atoms with E-state index < -0.39 is 5.79 Å². The molecule has 2 heterocycles. The first-order chi connectivity index (χ1) is 19.2. The van der Waals surface area contributed by atoms with E-state index in [1.54, 1.807) is 24.3 Å². The molecule has 2 saturated heterocycles. The van der Waals surface area contributed by atoms with Crippen LogP contribution in [0.1, 0.15) is 74.8 Å². The minimum atomic E-state index is -0.657. The molecule has 0 aromatic heterocycles. The van der Waals surface area contributed by atoms with Crippen molar-refractivity contribution in [3.8, 4) is 0 Å². The van der Waals surface area contributed by atoms with E-state index in [2.05, 4.69) is 49.9 Å². The fraction of sp³-hybridized carbons (Fsp3) is 0.471. The number of nitrogens with zero attached hydrogens (tertiary/aromatic N) is 1. The molecule has 2 aliphatic heterocycles. The molecule has 4 nitrogen and oxygen atoms in total. The van der Waals surface area contributed by atoms with Gasteiger partial charge in [0.1, 0.15) is 17.7 Å². The molecular weight excluding hydrogens is 508 g/mol. The van der Waals surface area contributed by atoms with Crippen LogP contribution < -0.4 is 0 Å². The average molecular weight is 550 g/mol. The molecule has 0 amide bonds. The number of hydrogen-bond acceptors (Lipinski definition) is 4. The predicted octanol–water partition coefficient (Wildman–Crippen LogP) is 7.51.